The number of benzene rings is 2. The van der Waals surface area contributed by atoms with E-state index in [2.05, 4.69) is 58.7 Å². The number of urea groups is 1. The molecule has 2 heterocycles. The van der Waals surface area contributed by atoms with Crippen molar-refractivity contribution in [2.75, 3.05) is 32.7 Å². The van der Waals surface area contributed by atoms with Gasteiger partial charge in [-0.1, -0.05) is 60.7 Å². The summed E-state index contributed by atoms with van der Waals surface area (Å²) in [6.07, 6.45) is 0.397. The molecule has 2 aromatic carbocycles. The third-order valence-electron chi connectivity index (χ3n) is 6.31. The van der Waals surface area contributed by atoms with Crippen LogP contribution in [0.25, 0.3) is 0 Å². The molecular formula is C25H32N4O2. The summed E-state index contributed by atoms with van der Waals surface area (Å²) in [6.45, 7) is 7.60. The van der Waals surface area contributed by atoms with Crippen LogP contribution in [0.1, 0.15) is 37.4 Å². The monoisotopic (exact) mass is 420 g/mol. The summed E-state index contributed by atoms with van der Waals surface area (Å²) in [7, 11) is 0. The number of carbonyl (C=O) groups excluding carboxylic acids is 2. The Bertz CT molecular complexity index is 839. The summed E-state index contributed by atoms with van der Waals surface area (Å²) >= 11 is 0. The fourth-order valence-electron chi connectivity index (χ4n) is 4.66. The highest BCUT2D eigenvalue weighted by molar-refractivity contribution is 5.82. The van der Waals surface area contributed by atoms with Crippen molar-refractivity contribution in [3.05, 3.63) is 71.8 Å². The van der Waals surface area contributed by atoms with Crippen LogP contribution in [0, 0.1) is 0 Å². The van der Waals surface area contributed by atoms with Gasteiger partial charge in [-0.05, 0) is 25.0 Å². The van der Waals surface area contributed by atoms with Crippen molar-refractivity contribution in [1.29, 1.82) is 0 Å². The molecule has 6 heteroatoms. The van der Waals surface area contributed by atoms with E-state index in [1.54, 1.807) is 0 Å². The van der Waals surface area contributed by atoms with Crippen LogP contribution in [0.3, 0.4) is 0 Å². The molecule has 4 rings (SSSR count). The molecule has 2 aliphatic heterocycles. The Kier molecular flexibility index (Phi) is 6.56. The molecule has 1 N–H and O–H groups in total. The molecule has 2 aromatic rings. The first-order chi connectivity index (χ1) is 15.0. The fourth-order valence-corrected chi connectivity index (χ4v) is 4.66. The van der Waals surface area contributed by atoms with Crippen LogP contribution in [0.5, 0.6) is 0 Å². The molecule has 31 heavy (non-hydrogen) atoms. The average Bonchev–Trinajstić information content (AvgIpc) is 3.16. The highest BCUT2D eigenvalue weighted by Crippen LogP contribution is 2.29. The summed E-state index contributed by atoms with van der Waals surface area (Å²) < 4.78 is 0. The van der Waals surface area contributed by atoms with Crippen LogP contribution < -0.4 is 5.32 Å². The van der Waals surface area contributed by atoms with Gasteiger partial charge in [0.15, 0.2) is 0 Å². The molecule has 0 radical (unpaired) electrons. The van der Waals surface area contributed by atoms with Gasteiger partial charge in [-0.2, -0.15) is 0 Å². The smallest absolute Gasteiger partial charge is 0.317 e. The van der Waals surface area contributed by atoms with Gasteiger partial charge in [-0.25, -0.2) is 4.79 Å². The van der Waals surface area contributed by atoms with Gasteiger partial charge in [0, 0.05) is 45.2 Å². The minimum Gasteiger partial charge on any atom is -0.338 e. The van der Waals surface area contributed by atoms with Crippen LogP contribution in [0.4, 0.5) is 4.79 Å². The van der Waals surface area contributed by atoms with Crippen molar-refractivity contribution in [2.24, 2.45) is 0 Å². The lowest BCUT2D eigenvalue weighted by atomic mass is 9.96. The van der Waals surface area contributed by atoms with Crippen molar-refractivity contribution in [2.45, 2.75) is 38.4 Å². The van der Waals surface area contributed by atoms with E-state index in [4.69, 9.17) is 0 Å². The first-order valence-electron chi connectivity index (χ1n) is 11.2. The zero-order valence-electron chi connectivity index (χ0n) is 18.4. The molecule has 6 nitrogen and oxygen atoms in total. The Labute approximate surface area is 184 Å². The lowest BCUT2D eigenvalue weighted by molar-refractivity contribution is -0.129. The van der Waals surface area contributed by atoms with Gasteiger partial charge in [0.05, 0.1) is 12.1 Å². The van der Waals surface area contributed by atoms with Gasteiger partial charge < -0.3 is 15.1 Å². The zero-order chi connectivity index (χ0) is 21.8. The van der Waals surface area contributed by atoms with Crippen molar-refractivity contribution < 1.29 is 9.59 Å². The summed E-state index contributed by atoms with van der Waals surface area (Å²) in [4.78, 5) is 31.1. The van der Waals surface area contributed by atoms with E-state index < -0.39 is 0 Å². The summed E-state index contributed by atoms with van der Waals surface area (Å²) in [5, 5.41) is 3.08. The Morgan fingerprint density at radius 2 is 1.45 bits per heavy atom. The number of nitrogens with one attached hydrogen (secondary N) is 1. The number of hydrogen-bond donors (Lipinski definition) is 1. The Hall–Kier alpha value is -2.86. The maximum atomic E-state index is 12.8. The number of nitrogens with zero attached hydrogens (tertiary/aromatic N) is 3. The van der Waals surface area contributed by atoms with Gasteiger partial charge in [-0.3, -0.25) is 9.69 Å². The topological polar surface area (TPSA) is 55.9 Å². The maximum Gasteiger partial charge on any atom is 0.317 e. The predicted octanol–water partition coefficient (Wildman–Crippen LogP) is 3.11. The second-order valence-electron chi connectivity index (χ2n) is 8.74. The van der Waals surface area contributed by atoms with Crippen molar-refractivity contribution in [3.8, 4) is 0 Å². The highest BCUT2D eigenvalue weighted by Gasteiger charge is 2.34. The number of hydrogen-bond acceptors (Lipinski definition) is 3. The normalized spacial score (nSPS) is 20.0. The third kappa shape index (κ3) is 4.90. The number of carbonyl (C=O) groups is 2. The maximum absolute atomic E-state index is 12.8. The molecule has 164 valence electrons. The van der Waals surface area contributed by atoms with E-state index in [0.29, 0.717) is 26.1 Å². The molecule has 0 aromatic heterocycles. The van der Waals surface area contributed by atoms with E-state index in [1.807, 2.05) is 35.8 Å². The molecule has 2 saturated heterocycles. The molecule has 2 aliphatic rings. The Balaban J connectivity index is 1.38. The molecule has 0 saturated carbocycles. The van der Waals surface area contributed by atoms with Gasteiger partial charge in [-0.15, -0.1) is 0 Å². The zero-order valence-corrected chi connectivity index (χ0v) is 18.4. The largest absolute Gasteiger partial charge is 0.338 e. The van der Waals surface area contributed by atoms with Gasteiger partial charge in [0.25, 0.3) is 0 Å². The van der Waals surface area contributed by atoms with E-state index >= 15 is 0 Å². The van der Waals surface area contributed by atoms with E-state index in [0.717, 1.165) is 13.1 Å². The first-order valence-corrected chi connectivity index (χ1v) is 11.2. The standard InChI is InChI=1S/C25H32N4O2/c1-19(2)29-18-22(17-23(29)30)26-25(31)28-15-13-27(14-16-28)24(20-9-5-3-6-10-20)21-11-7-4-8-12-21/h3-12,19,22,24H,13-18H2,1-2H3,(H,26,31). The molecule has 0 bridgehead atoms. The van der Waals surface area contributed by atoms with Gasteiger partial charge in [0.1, 0.15) is 0 Å². The van der Waals surface area contributed by atoms with Crippen molar-refractivity contribution in [1.82, 2.24) is 20.0 Å². The minimum atomic E-state index is -0.0955. The van der Waals surface area contributed by atoms with Gasteiger partial charge in [0.2, 0.25) is 5.91 Å². The number of amides is 3. The summed E-state index contributed by atoms with van der Waals surface area (Å²) in [5.74, 6) is 0.124. The Morgan fingerprint density at radius 1 is 0.903 bits per heavy atom. The minimum absolute atomic E-state index is 0.0565. The van der Waals surface area contributed by atoms with E-state index in [-0.39, 0.29) is 30.1 Å². The van der Waals surface area contributed by atoms with Crippen LogP contribution in [-0.4, -0.2) is 71.4 Å². The average molecular weight is 421 g/mol. The Morgan fingerprint density at radius 3 is 1.94 bits per heavy atom. The first kappa shape index (κ1) is 21.4. The molecule has 1 atom stereocenters. The molecule has 1 unspecified atom stereocenters. The lowest BCUT2D eigenvalue weighted by Crippen LogP contribution is -2.54. The number of piperazine rings is 1. The SMILES string of the molecule is CC(C)N1CC(NC(=O)N2CCN(C(c3ccccc3)c3ccccc3)CC2)CC1=O. The second kappa shape index (κ2) is 9.52. The van der Waals surface area contributed by atoms with Crippen molar-refractivity contribution >= 4 is 11.9 Å². The predicted molar refractivity (Wildman–Crippen MR) is 122 cm³/mol. The van der Waals surface area contributed by atoms with Crippen LogP contribution in [0.15, 0.2) is 60.7 Å². The molecule has 3 amide bonds. The fraction of sp³-hybridized carbons (Fsp3) is 0.440. The quantitative estimate of drug-likeness (QED) is 0.809. The molecule has 2 fully saturated rings. The van der Waals surface area contributed by atoms with E-state index in [1.165, 1.54) is 11.1 Å². The number of likely N-dealkylation sites (tertiary alicyclic amines) is 1. The highest BCUT2D eigenvalue weighted by atomic mass is 16.2. The van der Waals surface area contributed by atoms with Crippen LogP contribution in [0.2, 0.25) is 0 Å². The molecular weight excluding hydrogens is 388 g/mol. The van der Waals surface area contributed by atoms with E-state index in [9.17, 15) is 9.59 Å². The lowest BCUT2D eigenvalue weighted by Gasteiger charge is -2.40. The number of rotatable bonds is 5. The molecule has 0 aliphatic carbocycles. The third-order valence-corrected chi connectivity index (χ3v) is 6.31. The summed E-state index contributed by atoms with van der Waals surface area (Å²) in [6, 6.07) is 21.3. The second-order valence-corrected chi connectivity index (χ2v) is 8.74. The van der Waals surface area contributed by atoms with Crippen molar-refractivity contribution in [3.63, 3.8) is 0 Å². The van der Waals surface area contributed by atoms with Crippen LogP contribution >= 0.6 is 0 Å². The van der Waals surface area contributed by atoms with Crippen LogP contribution in [-0.2, 0) is 4.79 Å². The summed E-state index contributed by atoms with van der Waals surface area (Å²) in [5.41, 5.74) is 2.54. The molecule has 0 spiro atoms. The van der Waals surface area contributed by atoms with Gasteiger partial charge >= 0.3 is 6.03 Å².